The van der Waals surface area contributed by atoms with Crippen LogP contribution in [0.4, 0.5) is 4.39 Å². The topological polar surface area (TPSA) is 52.1 Å². The number of hydrogen-bond acceptors (Lipinski definition) is 4. The van der Waals surface area contributed by atoms with Gasteiger partial charge in [-0.3, -0.25) is 4.99 Å². The number of guanidine groups is 1. The van der Waals surface area contributed by atoms with Crippen LogP contribution in [0.3, 0.4) is 0 Å². The van der Waals surface area contributed by atoms with Gasteiger partial charge in [0.2, 0.25) is 0 Å². The summed E-state index contributed by atoms with van der Waals surface area (Å²) in [5.74, 6) is 1.02. The van der Waals surface area contributed by atoms with Crippen LogP contribution in [0.25, 0.3) is 0 Å². The molecule has 1 aromatic rings. The van der Waals surface area contributed by atoms with Gasteiger partial charge in [0.05, 0.1) is 6.54 Å². The monoisotopic (exact) mass is 521 g/mol. The van der Waals surface area contributed by atoms with Crippen molar-refractivity contribution >= 4 is 29.9 Å². The third-order valence-corrected chi connectivity index (χ3v) is 5.02. The Hall–Kier alpha value is -1.13. The van der Waals surface area contributed by atoms with Gasteiger partial charge in [0, 0.05) is 45.8 Å². The average Bonchev–Trinajstić information content (AvgIpc) is 2.70. The summed E-state index contributed by atoms with van der Waals surface area (Å²) in [4.78, 5) is 9.32. The Balaban J connectivity index is 0.00000420. The summed E-state index contributed by atoms with van der Waals surface area (Å²) in [6, 6.07) is 6.21. The molecule has 1 aromatic carbocycles. The molecule has 1 atom stereocenters. The van der Waals surface area contributed by atoms with Gasteiger partial charge in [-0.1, -0.05) is 13.0 Å². The lowest BCUT2D eigenvalue weighted by atomic mass is 10.2. The number of piperazine rings is 1. The maximum Gasteiger partial charge on any atom is 0.191 e. The van der Waals surface area contributed by atoms with Gasteiger partial charge >= 0.3 is 0 Å². The minimum atomic E-state index is -0.289. The molecule has 8 heteroatoms. The molecule has 2 rings (SSSR count). The van der Waals surface area contributed by atoms with Crippen LogP contribution in [0.2, 0.25) is 0 Å². The van der Waals surface area contributed by atoms with Gasteiger partial charge in [0.1, 0.15) is 17.7 Å². The average molecular weight is 521 g/mol. The molecule has 1 aliphatic heterocycles. The van der Waals surface area contributed by atoms with Crippen LogP contribution < -0.4 is 15.4 Å². The molecule has 29 heavy (non-hydrogen) atoms. The molecule has 0 bridgehead atoms. The molecule has 0 aromatic heterocycles. The van der Waals surface area contributed by atoms with Gasteiger partial charge in [-0.25, -0.2) is 4.39 Å². The Morgan fingerprint density at radius 3 is 2.55 bits per heavy atom. The van der Waals surface area contributed by atoms with Crippen molar-refractivity contribution in [2.24, 2.45) is 4.99 Å². The number of ether oxygens (including phenoxy) is 1. The Labute approximate surface area is 192 Å². The van der Waals surface area contributed by atoms with Gasteiger partial charge in [-0.05, 0) is 45.0 Å². The van der Waals surface area contributed by atoms with Crippen molar-refractivity contribution in [1.29, 1.82) is 0 Å². The van der Waals surface area contributed by atoms with Crippen LogP contribution in [0, 0.1) is 5.82 Å². The predicted octanol–water partition coefficient (Wildman–Crippen LogP) is 2.79. The van der Waals surface area contributed by atoms with E-state index in [1.807, 2.05) is 6.92 Å². The first-order valence-electron chi connectivity index (χ1n) is 10.4. The highest BCUT2D eigenvalue weighted by atomic mass is 127. The van der Waals surface area contributed by atoms with E-state index in [1.54, 1.807) is 19.2 Å². The van der Waals surface area contributed by atoms with E-state index in [-0.39, 0.29) is 35.9 Å². The van der Waals surface area contributed by atoms with E-state index in [1.165, 1.54) is 51.3 Å². The van der Waals surface area contributed by atoms with Gasteiger partial charge in [-0.2, -0.15) is 0 Å². The number of nitrogens with one attached hydrogen (secondary N) is 2. The van der Waals surface area contributed by atoms with Crippen LogP contribution in [-0.4, -0.2) is 81.3 Å². The zero-order valence-corrected chi connectivity index (χ0v) is 20.3. The van der Waals surface area contributed by atoms with Crippen LogP contribution in [0.5, 0.6) is 5.75 Å². The normalized spacial score (nSPS) is 16.8. The first-order valence-corrected chi connectivity index (χ1v) is 10.4. The van der Waals surface area contributed by atoms with Crippen LogP contribution in [0.15, 0.2) is 29.3 Å². The van der Waals surface area contributed by atoms with E-state index >= 15 is 0 Å². The maximum absolute atomic E-state index is 13.2. The Morgan fingerprint density at radius 1 is 1.17 bits per heavy atom. The predicted molar refractivity (Wildman–Crippen MR) is 129 cm³/mol. The molecule has 0 aliphatic carbocycles. The molecule has 1 aliphatic rings. The number of likely N-dealkylation sites (N-methyl/N-ethyl adjacent to an activating group) is 1. The van der Waals surface area contributed by atoms with E-state index in [9.17, 15) is 4.39 Å². The van der Waals surface area contributed by atoms with Crippen LogP contribution in [0.1, 0.15) is 26.7 Å². The summed E-state index contributed by atoms with van der Waals surface area (Å²) in [7, 11) is 1.76. The lowest BCUT2D eigenvalue weighted by Gasteiger charge is -2.34. The molecule has 1 heterocycles. The molecule has 0 spiro atoms. The molecule has 1 unspecified atom stereocenters. The fourth-order valence-electron chi connectivity index (χ4n) is 3.27. The first-order chi connectivity index (χ1) is 13.6. The van der Waals surface area contributed by atoms with E-state index < -0.39 is 0 Å². The quantitative estimate of drug-likeness (QED) is 0.215. The zero-order chi connectivity index (χ0) is 20.2. The summed E-state index contributed by atoms with van der Waals surface area (Å²) >= 11 is 0. The molecular formula is C21H37FIN5O. The van der Waals surface area contributed by atoms with Crippen molar-refractivity contribution in [2.45, 2.75) is 32.8 Å². The van der Waals surface area contributed by atoms with Crippen molar-refractivity contribution in [3.63, 3.8) is 0 Å². The molecule has 166 valence electrons. The summed E-state index contributed by atoms with van der Waals surface area (Å²) in [5, 5.41) is 6.61. The molecule has 0 saturated carbocycles. The summed E-state index contributed by atoms with van der Waals surface area (Å²) in [6.45, 7) is 12.8. The lowest BCUT2D eigenvalue weighted by Crippen LogP contribution is -2.46. The van der Waals surface area contributed by atoms with Crippen LogP contribution >= 0.6 is 24.0 Å². The maximum atomic E-state index is 13.2. The molecule has 1 fully saturated rings. The molecule has 2 N–H and O–H groups in total. The van der Waals surface area contributed by atoms with Gasteiger partial charge in [0.25, 0.3) is 0 Å². The number of hydrogen-bond donors (Lipinski definition) is 2. The first kappa shape index (κ1) is 25.9. The summed E-state index contributed by atoms with van der Waals surface area (Å²) in [6.07, 6.45) is 2.21. The van der Waals surface area contributed by atoms with Gasteiger partial charge in [-0.15, -0.1) is 24.0 Å². The zero-order valence-electron chi connectivity index (χ0n) is 18.0. The summed E-state index contributed by atoms with van der Waals surface area (Å²) < 4.78 is 18.9. The highest BCUT2D eigenvalue weighted by molar-refractivity contribution is 14.0. The Kier molecular flexibility index (Phi) is 13.2. The van der Waals surface area contributed by atoms with Crippen molar-refractivity contribution < 1.29 is 9.13 Å². The van der Waals surface area contributed by atoms with Gasteiger partial charge in [0.15, 0.2) is 5.96 Å². The van der Waals surface area contributed by atoms with Crippen molar-refractivity contribution in [1.82, 2.24) is 20.4 Å². The Bertz CT molecular complexity index is 596. The molecular weight excluding hydrogens is 484 g/mol. The van der Waals surface area contributed by atoms with Crippen molar-refractivity contribution in [3.8, 4) is 5.75 Å². The van der Waals surface area contributed by atoms with Crippen molar-refractivity contribution in [3.05, 3.63) is 30.1 Å². The molecule has 0 radical (unpaired) electrons. The number of nitrogens with zero attached hydrogens (tertiary/aromatic N) is 3. The second kappa shape index (κ2) is 14.8. The largest absolute Gasteiger partial charge is 0.489 e. The van der Waals surface area contributed by atoms with Crippen molar-refractivity contribution in [2.75, 3.05) is 59.4 Å². The van der Waals surface area contributed by atoms with Crippen LogP contribution in [-0.2, 0) is 0 Å². The molecule has 6 nitrogen and oxygen atoms in total. The third-order valence-electron chi connectivity index (χ3n) is 5.02. The fraction of sp³-hybridized carbons (Fsp3) is 0.667. The van der Waals surface area contributed by atoms with E-state index in [2.05, 4.69) is 32.3 Å². The number of unbranched alkanes of at least 4 members (excludes halogenated alkanes) is 1. The highest BCUT2D eigenvalue weighted by Crippen LogP contribution is 2.13. The summed E-state index contributed by atoms with van der Waals surface area (Å²) in [5.41, 5.74) is 0. The van der Waals surface area contributed by atoms with E-state index in [0.29, 0.717) is 12.3 Å². The third kappa shape index (κ3) is 10.5. The standard InChI is InChI=1S/C21H36FN5O.HI/c1-4-26-12-14-27(15-13-26)11-6-5-10-24-21(23-3)25-17-18(2)28-20-9-7-8-19(22)16-20;/h7-9,16,18H,4-6,10-15,17H2,1-3H3,(H2,23,24,25);1H. The van der Waals surface area contributed by atoms with E-state index in [4.69, 9.17) is 4.74 Å². The van der Waals surface area contributed by atoms with Gasteiger partial charge < -0.3 is 25.2 Å². The molecule has 0 amide bonds. The number of rotatable bonds is 10. The highest BCUT2D eigenvalue weighted by Gasteiger charge is 2.14. The fourth-order valence-corrected chi connectivity index (χ4v) is 3.27. The van der Waals surface area contributed by atoms with E-state index in [0.717, 1.165) is 25.5 Å². The smallest absolute Gasteiger partial charge is 0.191 e. The minimum Gasteiger partial charge on any atom is -0.489 e. The molecule has 1 saturated heterocycles. The lowest BCUT2D eigenvalue weighted by molar-refractivity contribution is 0.136. The Morgan fingerprint density at radius 2 is 1.90 bits per heavy atom. The number of aliphatic imine (C=N–C) groups is 1. The number of benzene rings is 1. The number of halogens is 2. The SMILES string of the molecule is CCN1CCN(CCCCNC(=NC)NCC(C)Oc2cccc(F)c2)CC1.I. The second-order valence-electron chi connectivity index (χ2n) is 7.25. The minimum absolute atomic E-state index is 0. The second-order valence-corrected chi connectivity index (χ2v) is 7.25.